The first kappa shape index (κ1) is 19.8. The summed E-state index contributed by atoms with van der Waals surface area (Å²) < 4.78 is 15.6. The minimum absolute atomic E-state index is 0.171. The van der Waals surface area contributed by atoms with Crippen molar-refractivity contribution in [1.82, 2.24) is 4.90 Å². The Hall–Kier alpha value is -2.24. The Bertz CT molecular complexity index is 542. The minimum Gasteiger partial charge on any atom is -0.467 e. The van der Waals surface area contributed by atoms with Gasteiger partial charge in [0.25, 0.3) is 0 Å². The van der Waals surface area contributed by atoms with Crippen LogP contribution in [0.15, 0.2) is 35.0 Å². The normalized spacial score (nSPS) is 12.9. The molecule has 0 aromatic carbocycles. The maximum absolute atomic E-state index is 12.5. The van der Waals surface area contributed by atoms with Crippen LogP contribution in [0.4, 0.5) is 4.79 Å². The standard InChI is InChI=1S/C18H27NO5/c1-6-22-16(20)11-7-9-14(2)19(13-15-10-8-12-23-15)17(21)24-18(3,4)5/h7-8,10-12,14H,6,9,13H2,1-5H3/b11-7+. The molecule has 0 fully saturated rings. The summed E-state index contributed by atoms with van der Waals surface area (Å²) >= 11 is 0. The lowest BCUT2D eigenvalue weighted by Gasteiger charge is -2.30. The number of amides is 1. The molecule has 24 heavy (non-hydrogen) atoms. The van der Waals surface area contributed by atoms with Gasteiger partial charge in [-0.05, 0) is 53.2 Å². The monoisotopic (exact) mass is 337 g/mol. The van der Waals surface area contributed by atoms with E-state index in [2.05, 4.69) is 0 Å². The van der Waals surface area contributed by atoms with Crippen molar-refractivity contribution in [3.8, 4) is 0 Å². The highest BCUT2D eigenvalue weighted by molar-refractivity contribution is 5.81. The van der Waals surface area contributed by atoms with Crippen LogP contribution in [-0.2, 0) is 20.8 Å². The average molecular weight is 337 g/mol. The fourth-order valence-corrected chi connectivity index (χ4v) is 1.97. The molecule has 0 aliphatic carbocycles. The topological polar surface area (TPSA) is 69.0 Å². The smallest absolute Gasteiger partial charge is 0.410 e. The molecule has 0 saturated heterocycles. The molecular weight excluding hydrogens is 310 g/mol. The summed E-state index contributed by atoms with van der Waals surface area (Å²) in [7, 11) is 0. The van der Waals surface area contributed by atoms with Gasteiger partial charge in [-0.3, -0.25) is 4.90 Å². The molecule has 1 rings (SSSR count). The highest BCUT2D eigenvalue weighted by Crippen LogP contribution is 2.17. The van der Waals surface area contributed by atoms with E-state index >= 15 is 0 Å². The molecule has 1 atom stereocenters. The van der Waals surface area contributed by atoms with Crippen LogP contribution >= 0.6 is 0 Å². The molecule has 1 aromatic heterocycles. The van der Waals surface area contributed by atoms with Crippen molar-refractivity contribution >= 4 is 12.1 Å². The van der Waals surface area contributed by atoms with Gasteiger partial charge in [-0.1, -0.05) is 6.08 Å². The van der Waals surface area contributed by atoms with Crippen molar-refractivity contribution in [2.45, 2.75) is 59.2 Å². The lowest BCUT2D eigenvalue weighted by atomic mass is 10.2. The molecule has 0 spiro atoms. The summed E-state index contributed by atoms with van der Waals surface area (Å²) in [5.74, 6) is 0.279. The van der Waals surface area contributed by atoms with Crippen molar-refractivity contribution in [3.63, 3.8) is 0 Å². The molecule has 0 aliphatic rings. The van der Waals surface area contributed by atoms with E-state index in [1.807, 2.05) is 27.7 Å². The largest absolute Gasteiger partial charge is 0.467 e. The van der Waals surface area contributed by atoms with Gasteiger partial charge in [0.05, 0.1) is 19.4 Å². The Morgan fingerprint density at radius 2 is 2.08 bits per heavy atom. The summed E-state index contributed by atoms with van der Waals surface area (Å²) in [6.45, 7) is 9.74. The lowest BCUT2D eigenvalue weighted by Crippen LogP contribution is -2.41. The first-order chi connectivity index (χ1) is 11.2. The molecule has 0 aliphatic heterocycles. The zero-order chi connectivity index (χ0) is 18.2. The van der Waals surface area contributed by atoms with Gasteiger partial charge in [0, 0.05) is 12.1 Å². The second-order valence-corrected chi connectivity index (χ2v) is 6.43. The van der Waals surface area contributed by atoms with E-state index in [-0.39, 0.29) is 12.0 Å². The predicted molar refractivity (Wildman–Crippen MR) is 90.3 cm³/mol. The second kappa shape index (κ2) is 9.15. The van der Waals surface area contributed by atoms with Gasteiger partial charge in [-0.2, -0.15) is 0 Å². The third-order valence-electron chi connectivity index (χ3n) is 3.08. The SMILES string of the molecule is CCOC(=O)/C=C/CC(C)N(Cc1ccco1)C(=O)OC(C)(C)C. The highest BCUT2D eigenvalue weighted by atomic mass is 16.6. The average Bonchev–Trinajstić information content (AvgIpc) is 2.95. The Morgan fingerprint density at radius 1 is 1.38 bits per heavy atom. The summed E-state index contributed by atoms with van der Waals surface area (Å²) in [5, 5.41) is 0. The summed E-state index contributed by atoms with van der Waals surface area (Å²) in [4.78, 5) is 25.4. The highest BCUT2D eigenvalue weighted by Gasteiger charge is 2.26. The second-order valence-electron chi connectivity index (χ2n) is 6.43. The number of hydrogen-bond donors (Lipinski definition) is 0. The zero-order valence-electron chi connectivity index (χ0n) is 15.1. The Labute approximate surface area is 143 Å². The summed E-state index contributed by atoms with van der Waals surface area (Å²) in [6.07, 6.45) is 4.71. The van der Waals surface area contributed by atoms with Crippen molar-refractivity contribution in [2.24, 2.45) is 0 Å². The molecule has 1 unspecified atom stereocenters. The maximum atomic E-state index is 12.5. The van der Waals surface area contributed by atoms with Gasteiger partial charge in [0.1, 0.15) is 11.4 Å². The molecule has 1 heterocycles. The van der Waals surface area contributed by atoms with Crippen molar-refractivity contribution < 1.29 is 23.5 Å². The van der Waals surface area contributed by atoms with Gasteiger partial charge in [0.15, 0.2) is 0 Å². The van der Waals surface area contributed by atoms with Gasteiger partial charge < -0.3 is 13.9 Å². The number of nitrogens with zero attached hydrogens (tertiary/aromatic N) is 1. The van der Waals surface area contributed by atoms with Crippen molar-refractivity contribution in [1.29, 1.82) is 0 Å². The molecule has 1 amide bonds. The number of esters is 1. The van der Waals surface area contributed by atoms with Gasteiger partial charge >= 0.3 is 12.1 Å². The van der Waals surface area contributed by atoms with E-state index in [0.717, 1.165) is 0 Å². The Morgan fingerprint density at radius 3 is 2.62 bits per heavy atom. The third-order valence-corrected chi connectivity index (χ3v) is 3.08. The van der Waals surface area contributed by atoms with Crippen LogP contribution in [0.2, 0.25) is 0 Å². The molecule has 0 saturated carbocycles. The van der Waals surface area contributed by atoms with Crippen LogP contribution in [0.25, 0.3) is 0 Å². The van der Waals surface area contributed by atoms with Crippen LogP contribution in [0.1, 0.15) is 46.8 Å². The third kappa shape index (κ3) is 7.35. The molecule has 0 N–H and O–H groups in total. The number of rotatable bonds is 7. The van der Waals surface area contributed by atoms with Crippen molar-refractivity contribution in [3.05, 3.63) is 36.3 Å². The molecule has 6 nitrogen and oxygen atoms in total. The van der Waals surface area contributed by atoms with Gasteiger partial charge in [-0.15, -0.1) is 0 Å². The number of furan rings is 1. The van der Waals surface area contributed by atoms with Crippen LogP contribution in [0.5, 0.6) is 0 Å². The van der Waals surface area contributed by atoms with Gasteiger partial charge in [0.2, 0.25) is 0 Å². The summed E-state index contributed by atoms with van der Waals surface area (Å²) in [6, 6.07) is 3.41. The van der Waals surface area contributed by atoms with E-state index in [1.54, 1.807) is 36.3 Å². The maximum Gasteiger partial charge on any atom is 0.410 e. The molecule has 0 radical (unpaired) electrons. The molecule has 6 heteroatoms. The van der Waals surface area contributed by atoms with Crippen LogP contribution in [-0.4, -0.2) is 35.2 Å². The van der Waals surface area contributed by atoms with Gasteiger partial charge in [-0.25, -0.2) is 9.59 Å². The molecule has 134 valence electrons. The molecule has 1 aromatic rings. The van der Waals surface area contributed by atoms with Crippen LogP contribution in [0.3, 0.4) is 0 Å². The van der Waals surface area contributed by atoms with E-state index in [0.29, 0.717) is 25.3 Å². The minimum atomic E-state index is -0.584. The summed E-state index contributed by atoms with van der Waals surface area (Å²) in [5.41, 5.74) is -0.584. The molecular formula is C18H27NO5. The zero-order valence-corrected chi connectivity index (χ0v) is 15.1. The van der Waals surface area contributed by atoms with E-state index < -0.39 is 11.7 Å². The van der Waals surface area contributed by atoms with Crippen LogP contribution < -0.4 is 0 Å². The Kier molecular flexibility index (Phi) is 7.55. The quantitative estimate of drug-likeness (QED) is 0.557. The number of carbonyl (C=O) groups excluding carboxylic acids is 2. The lowest BCUT2D eigenvalue weighted by molar-refractivity contribution is -0.137. The van der Waals surface area contributed by atoms with E-state index in [1.165, 1.54) is 6.08 Å². The fourth-order valence-electron chi connectivity index (χ4n) is 1.97. The number of hydrogen-bond acceptors (Lipinski definition) is 5. The first-order valence-corrected chi connectivity index (χ1v) is 8.08. The fraction of sp³-hybridized carbons (Fsp3) is 0.556. The Balaban J connectivity index is 2.75. The van der Waals surface area contributed by atoms with E-state index in [4.69, 9.17) is 13.9 Å². The number of ether oxygens (including phenoxy) is 2. The first-order valence-electron chi connectivity index (χ1n) is 8.08. The predicted octanol–water partition coefficient (Wildman–Crippen LogP) is 3.91. The number of carbonyl (C=O) groups is 2. The molecule has 0 bridgehead atoms. The van der Waals surface area contributed by atoms with Crippen molar-refractivity contribution in [2.75, 3.05) is 6.61 Å². The van der Waals surface area contributed by atoms with Crippen LogP contribution in [0, 0.1) is 0 Å². The van der Waals surface area contributed by atoms with E-state index in [9.17, 15) is 9.59 Å².